The summed E-state index contributed by atoms with van der Waals surface area (Å²) in [5.74, 6) is -1.31. The van der Waals surface area contributed by atoms with Crippen molar-refractivity contribution < 1.29 is 14.4 Å². The zero-order valence-corrected chi connectivity index (χ0v) is 14.8. The largest absolute Gasteiger partial charge is 0.323 e. The Morgan fingerprint density at radius 2 is 1.67 bits per heavy atom. The molecule has 3 amide bonds. The minimum absolute atomic E-state index is 0.332. The second-order valence-corrected chi connectivity index (χ2v) is 6.53. The van der Waals surface area contributed by atoms with Crippen molar-refractivity contribution in [3.8, 4) is 0 Å². The van der Waals surface area contributed by atoms with Crippen LogP contribution in [-0.2, 0) is 4.79 Å². The predicted octanol–water partition coefficient (Wildman–Crippen LogP) is 3.38. The minimum Gasteiger partial charge on any atom is -0.323 e. The van der Waals surface area contributed by atoms with E-state index < -0.39 is 23.8 Å². The maximum Gasteiger partial charge on any atom is 0.262 e. The lowest BCUT2D eigenvalue weighted by Gasteiger charge is -2.22. The topological polar surface area (TPSA) is 66.5 Å². The van der Waals surface area contributed by atoms with Gasteiger partial charge in [-0.1, -0.05) is 18.2 Å². The molecule has 0 spiro atoms. The predicted molar refractivity (Wildman–Crippen MR) is 93.9 cm³/mol. The van der Waals surface area contributed by atoms with Crippen LogP contribution in [0.5, 0.6) is 0 Å². The van der Waals surface area contributed by atoms with E-state index in [9.17, 15) is 14.4 Å². The molecule has 1 heterocycles. The van der Waals surface area contributed by atoms with Gasteiger partial charge in [-0.25, -0.2) is 0 Å². The first kappa shape index (κ1) is 16.4. The molecule has 0 saturated carbocycles. The molecule has 1 N–H and O–H groups in total. The van der Waals surface area contributed by atoms with E-state index in [1.54, 1.807) is 37.3 Å². The van der Waals surface area contributed by atoms with E-state index >= 15 is 0 Å². The summed E-state index contributed by atoms with van der Waals surface area (Å²) in [7, 11) is 0. The van der Waals surface area contributed by atoms with Gasteiger partial charge in [0.1, 0.15) is 6.04 Å². The molecule has 2 aromatic rings. The Balaban J connectivity index is 1.82. The molecule has 0 aromatic heterocycles. The molecule has 0 saturated heterocycles. The van der Waals surface area contributed by atoms with E-state index in [0.717, 1.165) is 14.9 Å². The third kappa shape index (κ3) is 2.73. The Hall–Kier alpha value is -2.47. The molecule has 1 unspecified atom stereocenters. The maximum absolute atomic E-state index is 12.5. The number of hydrogen-bond acceptors (Lipinski definition) is 3. The fraction of sp³-hybridized carbons (Fsp3) is 0.167. The molecular formula is C18H15BrN2O3. The Morgan fingerprint density at radius 1 is 1.08 bits per heavy atom. The van der Waals surface area contributed by atoms with Crippen molar-refractivity contribution >= 4 is 39.3 Å². The molecule has 0 radical (unpaired) electrons. The summed E-state index contributed by atoms with van der Waals surface area (Å²) in [6.07, 6.45) is 0. The number of carbonyl (C=O) groups excluding carboxylic acids is 3. The number of fused-ring (bicyclic) bond motifs is 1. The second kappa shape index (κ2) is 6.20. The van der Waals surface area contributed by atoms with Gasteiger partial charge in [-0.05, 0) is 59.6 Å². The number of imide groups is 1. The van der Waals surface area contributed by atoms with Crippen LogP contribution in [0.1, 0.15) is 33.2 Å². The van der Waals surface area contributed by atoms with Gasteiger partial charge in [0, 0.05) is 4.47 Å². The maximum atomic E-state index is 12.5. The Labute approximate surface area is 147 Å². The van der Waals surface area contributed by atoms with Crippen LogP contribution in [0.25, 0.3) is 0 Å². The molecule has 0 bridgehead atoms. The monoisotopic (exact) mass is 386 g/mol. The van der Waals surface area contributed by atoms with Crippen molar-refractivity contribution in [1.82, 2.24) is 4.90 Å². The van der Waals surface area contributed by atoms with Crippen LogP contribution in [0.3, 0.4) is 0 Å². The average molecular weight is 387 g/mol. The fourth-order valence-electron chi connectivity index (χ4n) is 2.64. The van der Waals surface area contributed by atoms with Crippen molar-refractivity contribution in [2.24, 2.45) is 0 Å². The Morgan fingerprint density at radius 3 is 2.21 bits per heavy atom. The van der Waals surface area contributed by atoms with E-state index in [0.29, 0.717) is 16.8 Å². The highest BCUT2D eigenvalue weighted by atomic mass is 79.9. The third-order valence-corrected chi connectivity index (χ3v) is 4.63. The van der Waals surface area contributed by atoms with Gasteiger partial charge in [0.05, 0.1) is 16.8 Å². The van der Waals surface area contributed by atoms with E-state index in [4.69, 9.17) is 0 Å². The molecule has 122 valence electrons. The SMILES string of the molecule is Cc1ccc(NC(=O)C(C)N2C(=O)c3ccccc3C2=O)c(Br)c1. The Kier molecular flexibility index (Phi) is 4.24. The Bertz CT molecular complexity index is 828. The number of aryl methyl sites for hydroxylation is 1. The normalized spacial score (nSPS) is 14.5. The highest BCUT2D eigenvalue weighted by molar-refractivity contribution is 9.10. The van der Waals surface area contributed by atoms with Crippen molar-refractivity contribution in [3.05, 3.63) is 63.6 Å². The standard InChI is InChI=1S/C18H15BrN2O3/c1-10-7-8-15(14(19)9-10)20-16(22)11(2)21-17(23)12-5-3-4-6-13(12)18(21)24/h3-9,11H,1-2H3,(H,20,22). The number of carbonyl (C=O) groups is 3. The highest BCUT2D eigenvalue weighted by Gasteiger charge is 2.40. The van der Waals surface area contributed by atoms with Gasteiger partial charge in [-0.3, -0.25) is 19.3 Å². The van der Waals surface area contributed by atoms with Gasteiger partial charge in [0.2, 0.25) is 5.91 Å². The van der Waals surface area contributed by atoms with Gasteiger partial charge in [0.15, 0.2) is 0 Å². The first-order chi connectivity index (χ1) is 11.4. The van der Waals surface area contributed by atoms with Gasteiger partial charge in [0.25, 0.3) is 11.8 Å². The van der Waals surface area contributed by atoms with E-state index in [2.05, 4.69) is 21.2 Å². The number of anilines is 1. The summed E-state index contributed by atoms with van der Waals surface area (Å²) < 4.78 is 0.741. The number of hydrogen-bond donors (Lipinski definition) is 1. The molecule has 1 aliphatic rings. The second-order valence-electron chi connectivity index (χ2n) is 5.67. The van der Waals surface area contributed by atoms with Crippen LogP contribution in [-0.4, -0.2) is 28.7 Å². The molecule has 0 fully saturated rings. The first-order valence-electron chi connectivity index (χ1n) is 7.44. The molecule has 1 aliphatic heterocycles. The van der Waals surface area contributed by atoms with Gasteiger partial charge in [-0.15, -0.1) is 0 Å². The summed E-state index contributed by atoms with van der Waals surface area (Å²) in [6.45, 7) is 3.48. The lowest BCUT2D eigenvalue weighted by Crippen LogP contribution is -2.45. The molecule has 3 rings (SSSR count). The quantitative estimate of drug-likeness (QED) is 0.822. The zero-order chi connectivity index (χ0) is 17.4. The van der Waals surface area contributed by atoms with Crippen LogP contribution >= 0.6 is 15.9 Å². The minimum atomic E-state index is -0.911. The highest BCUT2D eigenvalue weighted by Crippen LogP contribution is 2.27. The fourth-order valence-corrected chi connectivity index (χ4v) is 3.23. The van der Waals surface area contributed by atoms with E-state index in [1.807, 2.05) is 19.1 Å². The van der Waals surface area contributed by atoms with Crippen LogP contribution < -0.4 is 5.32 Å². The van der Waals surface area contributed by atoms with Crippen LogP contribution in [0.4, 0.5) is 5.69 Å². The van der Waals surface area contributed by atoms with Gasteiger partial charge >= 0.3 is 0 Å². The van der Waals surface area contributed by atoms with Crippen molar-refractivity contribution in [2.45, 2.75) is 19.9 Å². The zero-order valence-electron chi connectivity index (χ0n) is 13.2. The molecule has 5 nitrogen and oxygen atoms in total. The number of rotatable bonds is 3. The van der Waals surface area contributed by atoms with E-state index in [-0.39, 0.29) is 0 Å². The number of halogens is 1. The van der Waals surface area contributed by atoms with E-state index in [1.165, 1.54) is 0 Å². The molecule has 2 aromatic carbocycles. The van der Waals surface area contributed by atoms with Crippen molar-refractivity contribution in [2.75, 3.05) is 5.32 Å². The summed E-state index contributed by atoms with van der Waals surface area (Å²) in [6, 6.07) is 11.2. The summed E-state index contributed by atoms with van der Waals surface area (Å²) >= 11 is 3.39. The van der Waals surface area contributed by atoms with Gasteiger partial charge in [-0.2, -0.15) is 0 Å². The first-order valence-corrected chi connectivity index (χ1v) is 8.23. The number of nitrogens with zero attached hydrogens (tertiary/aromatic N) is 1. The molecular weight excluding hydrogens is 372 g/mol. The van der Waals surface area contributed by atoms with Crippen LogP contribution in [0, 0.1) is 6.92 Å². The van der Waals surface area contributed by atoms with Gasteiger partial charge < -0.3 is 5.32 Å². The number of nitrogens with one attached hydrogen (secondary N) is 1. The summed E-state index contributed by atoms with van der Waals surface area (Å²) in [5, 5.41) is 2.75. The molecule has 24 heavy (non-hydrogen) atoms. The third-order valence-electron chi connectivity index (χ3n) is 3.97. The smallest absolute Gasteiger partial charge is 0.262 e. The average Bonchev–Trinajstić information content (AvgIpc) is 2.81. The molecule has 6 heteroatoms. The summed E-state index contributed by atoms with van der Waals surface area (Å²) in [4.78, 5) is 38.4. The lowest BCUT2D eigenvalue weighted by atomic mass is 10.1. The number of benzene rings is 2. The lowest BCUT2D eigenvalue weighted by molar-refractivity contribution is -0.119. The summed E-state index contributed by atoms with van der Waals surface area (Å²) in [5.41, 5.74) is 2.31. The molecule has 1 atom stereocenters. The van der Waals surface area contributed by atoms with Crippen LogP contribution in [0.2, 0.25) is 0 Å². The van der Waals surface area contributed by atoms with Crippen molar-refractivity contribution in [1.29, 1.82) is 0 Å². The number of amides is 3. The molecule has 0 aliphatic carbocycles. The van der Waals surface area contributed by atoms with Crippen LogP contribution in [0.15, 0.2) is 46.9 Å². The van der Waals surface area contributed by atoms with Crippen molar-refractivity contribution in [3.63, 3.8) is 0 Å².